The van der Waals surface area contributed by atoms with Crippen LogP contribution in [0.4, 0.5) is 0 Å². The second-order valence-electron chi connectivity index (χ2n) is 4.20. The zero-order chi connectivity index (χ0) is 13.8. The van der Waals surface area contributed by atoms with Crippen LogP contribution in [0, 0.1) is 0 Å². The number of aliphatic hydroxyl groups is 1. The average Bonchev–Trinajstić information content (AvgIpc) is 2.56. The van der Waals surface area contributed by atoms with Gasteiger partial charge in [0.2, 0.25) is 0 Å². The Morgan fingerprint density at radius 3 is 2.45 bits per heavy atom. The van der Waals surface area contributed by atoms with Gasteiger partial charge in [0.15, 0.2) is 0 Å². The Morgan fingerprint density at radius 2 is 1.65 bits per heavy atom. The maximum atomic E-state index is 9.40. The lowest BCUT2D eigenvalue weighted by Crippen LogP contribution is -1.95. The van der Waals surface area contributed by atoms with Crippen molar-refractivity contribution in [1.29, 1.82) is 0 Å². The molecular weight excluding hydrogens is 252 g/mol. The lowest BCUT2D eigenvalue weighted by Gasteiger charge is -2.07. The lowest BCUT2D eigenvalue weighted by atomic mass is 10.1. The van der Waals surface area contributed by atoms with E-state index < -0.39 is 0 Å². The molecule has 5 heteroatoms. The van der Waals surface area contributed by atoms with Gasteiger partial charge < -0.3 is 5.11 Å². The van der Waals surface area contributed by atoms with E-state index >= 15 is 0 Å². The summed E-state index contributed by atoms with van der Waals surface area (Å²) >= 11 is 0. The molecule has 0 aliphatic rings. The Hall–Kier alpha value is -2.66. The predicted octanol–water partition coefficient (Wildman–Crippen LogP) is 2.09. The zero-order valence-electron chi connectivity index (χ0n) is 10.6. The van der Waals surface area contributed by atoms with Crippen molar-refractivity contribution in [3.05, 3.63) is 60.8 Å². The van der Waals surface area contributed by atoms with Gasteiger partial charge in [-0.25, -0.2) is 4.98 Å². The smallest absolute Gasteiger partial charge is 0.109 e. The maximum Gasteiger partial charge on any atom is 0.109 e. The van der Waals surface area contributed by atoms with E-state index in [4.69, 9.17) is 0 Å². The quantitative estimate of drug-likeness (QED) is 0.784. The average molecular weight is 264 g/mol. The van der Waals surface area contributed by atoms with Crippen LogP contribution in [0.15, 0.2) is 55.2 Å². The number of nitrogens with zero attached hydrogens (tertiary/aromatic N) is 4. The summed E-state index contributed by atoms with van der Waals surface area (Å²) in [5.41, 5.74) is 3.72. The van der Waals surface area contributed by atoms with Crippen LogP contribution in [-0.4, -0.2) is 25.0 Å². The van der Waals surface area contributed by atoms with E-state index in [9.17, 15) is 5.11 Å². The Labute approximate surface area is 116 Å². The molecule has 3 aromatic rings. The molecule has 0 amide bonds. The molecule has 0 saturated carbocycles. The van der Waals surface area contributed by atoms with E-state index in [1.807, 2.05) is 24.3 Å². The number of benzene rings is 1. The van der Waals surface area contributed by atoms with Gasteiger partial charge in [0.25, 0.3) is 0 Å². The molecule has 1 aromatic carbocycles. The van der Waals surface area contributed by atoms with E-state index in [0.29, 0.717) is 17.1 Å². The molecule has 0 bridgehead atoms. The van der Waals surface area contributed by atoms with E-state index in [1.54, 1.807) is 31.0 Å². The van der Waals surface area contributed by atoms with Crippen LogP contribution in [-0.2, 0) is 6.61 Å². The van der Waals surface area contributed by atoms with Crippen molar-refractivity contribution in [2.75, 3.05) is 0 Å². The molecule has 2 heterocycles. The van der Waals surface area contributed by atoms with E-state index in [-0.39, 0.29) is 6.61 Å². The third-order valence-electron chi connectivity index (χ3n) is 2.92. The number of rotatable bonds is 3. The summed E-state index contributed by atoms with van der Waals surface area (Å²) in [6, 6.07) is 7.57. The molecule has 0 atom stereocenters. The summed E-state index contributed by atoms with van der Waals surface area (Å²) in [7, 11) is 0. The summed E-state index contributed by atoms with van der Waals surface area (Å²) < 4.78 is 0. The molecule has 0 aliphatic heterocycles. The molecule has 0 aliphatic carbocycles. The van der Waals surface area contributed by atoms with Crippen LogP contribution in [0.25, 0.3) is 22.6 Å². The van der Waals surface area contributed by atoms with Gasteiger partial charge in [-0.15, -0.1) is 0 Å². The molecule has 0 unspecified atom stereocenters. The Kier molecular flexibility index (Phi) is 3.43. The summed E-state index contributed by atoms with van der Waals surface area (Å²) in [5, 5.41) is 9.40. The molecule has 20 heavy (non-hydrogen) atoms. The third-order valence-corrected chi connectivity index (χ3v) is 2.92. The minimum absolute atomic E-state index is 0.0345. The van der Waals surface area contributed by atoms with Gasteiger partial charge in [-0.05, 0) is 5.56 Å². The van der Waals surface area contributed by atoms with Crippen LogP contribution in [0.5, 0.6) is 0 Å². The summed E-state index contributed by atoms with van der Waals surface area (Å²) in [5.74, 6) is 0. The van der Waals surface area contributed by atoms with Gasteiger partial charge in [0, 0.05) is 18.0 Å². The van der Waals surface area contributed by atoms with Crippen molar-refractivity contribution < 1.29 is 5.11 Å². The molecule has 98 valence electrons. The topological polar surface area (TPSA) is 71.8 Å². The van der Waals surface area contributed by atoms with Crippen molar-refractivity contribution in [1.82, 2.24) is 19.9 Å². The second-order valence-corrected chi connectivity index (χ2v) is 4.20. The largest absolute Gasteiger partial charge is 0.392 e. The van der Waals surface area contributed by atoms with Gasteiger partial charge >= 0.3 is 0 Å². The fourth-order valence-electron chi connectivity index (χ4n) is 1.96. The van der Waals surface area contributed by atoms with Crippen molar-refractivity contribution in [2.45, 2.75) is 6.61 Å². The van der Waals surface area contributed by atoms with E-state index in [0.717, 1.165) is 11.1 Å². The second kappa shape index (κ2) is 5.54. The SMILES string of the molecule is OCc1ccccc1-c1cncc(-c2cnccn2)n1. The first-order chi connectivity index (χ1) is 9.88. The molecule has 0 radical (unpaired) electrons. The first kappa shape index (κ1) is 12.4. The summed E-state index contributed by atoms with van der Waals surface area (Å²) in [6.07, 6.45) is 8.20. The standard InChI is InChI=1S/C15H12N4O/c20-10-11-3-1-2-4-12(11)13-7-17-9-15(19-13)14-8-16-5-6-18-14/h1-9,20H,10H2. The highest BCUT2D eigenvalue weighted by Gasteiger charge is 2.08. The first-order valence-corrected chi connectivity index (χ1v) is 6.16. The highest BCUT2D eigenvalue weighted by molar-refractivity contribution is 5.65. The number of hydrogen-bond donors (Lipinski definition) is 1. The Morgan fingerprint density at radius 1 is 0.850 bits per heavy atom. The molecule has 2 aromatic heterocycles. The normalized spacial score (nSPS) is 10.4. The Balaban J connectivity index is 2.08. The minimum atomic E-state index is -0.0345. The van der Waals surface area contributed by atoms with Gasteiger partial charge in [0.1, 0.15) is 11.4 Å². The molecule has 5 nitrogen and oxygen atoms in total. The fourth-order valence-corrected chi connectivity index (χ4v) is 1.96. The third kappa shape index (κ3) is 2.39. The number of aromatic nitrogens is 4. The van der Waals surface area contributed by atoms with Crippen molar-refractivity contribution >= 4 is 0 Å². The van der Waals surface area contributed by atoms with Crippen molar-refractivity contribution in [3.63, 3.8) is 0 Å². The molecule has 1 N–H and O–H groups in total. The van der Waals surface area contributed by atoms with Gasteiger partial charge in [-0.1, -0.05) is 24.3 Å². The Bertz CT molecular complexity index is 716. The summed E-state index contributed by atoms with van der Waals surface area (Å²) in [6.45, 7) is -0.0345. The molecule has 3 rings (SSSR count). The minimum Gasteiger partial charge on any atom is -0.392 e. The monoisotopic (exact) mass is 264 g/mol. The highest BCUT2D eigenvalue weighted by atomic mass is 16.3. The summed E-state index contributed by atoms with van der Waals surface area (Å²) in [4.78, 5) is 17.0. The molecule has 0 spiro atoms. The van der Waals surface area contributed by atoms with Crippen LogP contribution in [0.3, 0.4) is 0 Å². The molecular formula is C15H12N4O. The molecule has 0 fully saturated rings. The van der Waals surface area contributed by atoms with Gasteiger partial charge in [-0.3, -0.25) is 15.0 Å². The van der Waals surface area contributed by atoms with Crippen LogP contribution < -0.4 is 0 Å². The van der Waals surface area contributed by atoms with E-state index in [1.165, 1.54) is 0 Å². The lowest BCUT2D eigenvalue weighted by molar-refractivity contribution is 0.282. The first-order valence-electron chi connectivity index (χ1n) is 6.16. The van der Waals surface area contributed by atoms with E-state index in [2.05, 4.69) is 19.9 Å². The highest BCUT2D eigenvalue weighted by Crippen LogP contribution is 2.23. The van der Waals surface area contributed by atoms with Gasteiger partial charge in [-0.2, -0.15) is 0 Å². The van der Waals surface area contributed by atoms with Gasteiger partial charge in [0.05, 0.1) is 30.9 Å². The zero-order valence-corrected chi connectivity index (χ0v) is 10.6. The fraction of sp³-hybridized carbons (Fsp3) is 0.0667. The number of aliphatic hydroxyl groups excluding tert-OH is 1. The van der Waals surface area contributed by atoms with Crippen LogP contribution in [0.1, 0.15) is 5.56 Å². The maximum absolute atomic E-state index is 9.40. The predicted molar refractivity (Wildman–Crippen MR) is 74.4 cm³/mol. The van der Waals surface area contributed by atoms with Crippen molar-refractivity contribution in [3.8, 4) is 22.6 Å². The van der Waals surface area contributed by atoms with Crippen LogP contribution in [0.2, 0.25) is 0 Å². The molecule has 0 saturated heterocycles. The van der Waals surface area contributed by atoms with Crippen molar-refractivity contribution in [2.24, 2.45) is 0 Å². The van der Waals surface area contributed by atoms with Crippen LogP contribution >= 0.6 is 0 Å². The number of hydrogen-bond acceptors (Lipinski definition) is 5.